The topological polar surface area (TPSA) is 59.7 Å². The van der Waals surface area contributed by atoms with E-state index in [4.69, 9.17) is 9.15 Å². The van der Waals surface area contributed by atoms with Crippen molar-refractivity contribution in [3.05, 3.63) is 35.1 Å². The Morgan fingerprint density at radius 1 is 1.31 bits per heavy atom. The fraction of sp³-hybridized carbons (Fsp3) is 0.591. The molecule has 0 bridgehead atoms. The van der Waals surface area contributed by atoms with Gasteiger partial charge in [-0.1, -0.05) is 13.8 Å². The molecule has 2 aliphatic rings. The third kappa shape index (κ3) is 2.02. The number of benzene rings is 1. The lowest BCUT2D eigenvalue weighted by atomic mass is 9.46. The molecule has 26 heavy (non-hydrogen) atoms. The molecule has 4 nitrogen and oxygen atoms in total. The fourth-order valence-corrected chi connectivity index (χ4v) is 5.74. The van der Waals surface area contributed by atoms with Crippen molar-refractivity contribution in [1.29, 1.82) is 0 Å². The molecular formula is C22H28O4. The maximum atomic E-state index is 12.0. The van der Waals surface area contributed by atoms with E-state index in [9.17, 15) is 9.90 Å². The normalized spacial score (nSPS) is 32.8. The van der Waals surface area contributed by atoms with Gasteiger partial charge in [0.25, 0.3) is 0 Å². The number of furan rings is 1. The van der Waals surface area contributed by atoms with E-state index < -0.39 is 11.0 Å². The molecule has 0 saturated heterocycles. The zero-order chi connectivity index (χ0) is 18.9. The summed E-state index contributed by atoms with van der Waals surface area (Å²) in [7, 11) is 0. The fourth-order valence-electron chi connectivity index (χ4n) is 5.74. The molecule has 0 radical (unpaired) electrons. The van der Waals surface area contributed by atoms with Crippen LogP contribution in [0, 0.1) is 12.3 Å². The summed E-state index contributed by atoms with van der Waals surface area (Å²) in [6, 6.07) is 4.07. The van der Waals surface area contributed by atoms with E-state index >= 15 is 0 Å². The van der Waals surface area contributed by atoms with Gasteiger partial charge < -0.3 is 14.3 Å². The van der Waals surface area contributed by atoms with Crippen LogP contribution in [0.15, 0.2) is 22.8 Å². The Balaban J connectivity index is 2.01. The first-order valence-electron chi connectivity index (χ1n) is 9.51. The van der Waals surface area contributed by atoms with Crippen LogP contribution in [0.25, 0.3) is 11.0 Å². The third-order valence-corrected chi connectivity index (χ3v) is 7.41. The van der Waals surface area contributed by atoms with Crippen LogP contribution in [-0.2, 0) is 21.4 Å². The maximum Gasteiger partial charge on any atom is 0.302 e. The van der Waals surface area contributed by atoms with E-state index in [1.807, 2.05) is 6.07 Å². The van der Waals surface area contributed by atoms with Gasteiger partial charge in [-0.3, -0.25) is 4.79 Å². The minimum atomic E-state index is -0.946. The van der Waals surface area contributed by atoms with Crippen LogP contribution >= 0.6 is 0 Å². The second-order valence-corrected chi connectivity index (χ2v) is 8.94. The summed E-state index contributed by atoms with van der Waals surface area (Å²) >= 11 is 0. The number of fused-ring (bicyclic) bond motifs is 4. The Morgan fingerprint density at radius 3 is 2.73 bits per heavy atom. The number of hydrogen-bond acceptors (Lipinski definition) is 4. The molecule has 0 amide bonds. The number of carbonyl (C=O) groups excluding carboxylic acids is 1. The number of carbonyl (C=O) groups is 1. The molecule has 140 valence electrons. The summed E-state index contributed by atoms with van der Waals surface area (Å²) in [6.07, 6.45) is 4.44. The van der Waals surface area contributed by atoms with Crippen molar-refractivity contribution in [3.63, 3.8) is 0 Å². The molecule has 2 aromatic rings. The zero-order valence-electron chi connectivity index (χ0n) is 16.3. The molecule has 4 heteroatoms. The first-order valence-corrected chi connectivity index (χ1v) is 9.51. The van der Waals surface area contributed by atoms with Gasteiger partial charge in [0.1, 0.15) is 11.7 Å². The van der Waals surface area contributed by atoms with Gasteiger partial charge in [0.15, 0.2) is 0 Å². The molecule has 0 spiro atoms. The van der Waals surface area contributed by atoms with Crippen molar-refractivity contribution < 1.29 is 19.1 Å². The molecule has 4 rings (SSSR count). The molecule has 0 aliphatic heterocycles. The minimum absolute atomic E-state index is 0.262. The summed E-state index contributed by atoms with van der Waals surface area (Å²) in [5, 5.41) is 13.1. The summed E-state index contributed by atoms with van der Waals surface area (Å²) in [4.78, 5) is 11.8. The molecule has 1 aromatic heterocycles. The zero-order valence-corrected chi connectivity index (χ0v) is 16.3. The average Bonchev–Trinajstić information content (AvgIpc) is 3.03. The van der Waals surface area contributed by atoms with E-state index in [-0.39, 0.29) is 17.5 Å². The highest BCUT2D eigenvalue weighted by molar-refractivity contribution is 5.84. The maximum absolute atomic E-state index is 12.0. The SMILES string of the molecule is CC(=O)O[C@H]1CCC(C)(C)[C@]2(O)CCc3c(cc4occc4c3C)[C@@]12C. The molecule has 1 aromatic carbocycles. The Bertz CT molecular complexity index is 893. The summed E-state index contributed by atoms with van der Waals surface area (Å²) in [5.41, 5.74) is 2.50. The monoisotopic (exact) mass is 356 g/mol. The van der Waals surface area contributed by atoms with Crippen LogP contribution in [0.1, 0.15) is 63.6 Å². The summed E-state index contributed by atoms with van der Waals surface area (Å²) in [6.45, 7) is 9.93. The lowest BCUT2D eigenvalue weighted by molar-refractivity contribution is -0.209. The predicted octanol–water partition coefficient (Wildman–Crippen LogP) is 4.43. The number of esters is 1. The van der Waals surface area contributed by atoms with Crippen LogP contribution in [0.5, 0.6) is 0 Å². The van der Waals surface area contributed by atoms with Gasteiger partial charge in [0.2, 0.25) is 0 Å². The standard InChI is InChI=1S/C22H28O4/c1-13-15-6-10-22(24)20(3,4)9-7-19(26-14(2)23)21(22,5)17(15)12-18-16(13)8-11-25-18/h8,11-12,19,24H,6-7,9-10H2,1-5H3/t19-,21-,22+/m0/s1. The Labute approximate surface area is 154 Å². The van der Waals surface area contributed by atoms with Gasteiger partial charge >= 0.3 is 5.97 Å². The van der Waals surface area contributed by atoms with E-state index in [1.54, 1.807) is 6.26 Å². The van der Waals surface area contributed by atoms with Crippen molar-refractivity contribution in [2.75, 3.05) is 0 Å². The van der Waals surface area contributed by atoms with Crippen molar-refractivity contribution in [2.24, 2.45) is 5.41 Å². The molecule has 2 aliphatic carbocycles. The molecule has 1 fully saturated rings. The summed E-state index contributed by atoms with van der Waals surface area (Å²) in [5.74, 6) is -0.291. The van der Waals surface area contributed by atoms with E-state index in [2.05, 4.69) is 33.8 Å². The largest absolute Gasteiger partial charge is 0.464 e. The van der Waals surface area contributed by atoms with E-state index in [0.29, 0.717) is 6.42 Å². The van der Waals surface area contributed by atoms with Crippen molar-refractivity contribution in [3.8, 4) is 0 Å². The number of aliphatic hydroxyl groups is 1. The lowest BCUT2D eigenvalue weighted by Crippen LogP contribution is -2.69. The number of rotatable bonds is 1. The molecule has 1 heterocycles. The van der Waals surface area contributed by atoms with Crippen LogP contribution in [0.4, 0.5) is 0 Å². The van der Waals surface area contributed by atoms with Gasteiger partial charge in [-0.25, -0.2) is 0 Å². The van der Waals surface area contributed by atoms with E-state index in [1.165, 1.54) is 18.1 Å². The predicted molar refractivity (Wildman–Crippen MR) is 100 cm³/mol. The minimum Gasteiger partial charge on any atom is -0.464 e. The Kier molecular flexibility index (Phi) is 3.62. The van der Waals surface area contributed by atoms with Crippen molar-refractivity contribution in [2.45, 2.75) is 77.4 Å². The molecule has 1 saturated carbocycles. The highest BCUT2D eigenvalue weighted by atomic mass is 16.5. The Hall–Kier alpha value is -1.81. The number of ether oxygens (including phenoxy) is 1. The van der Waals surface area contributed by atoms with Gasteiger partial charge in [0, 0.05) is 12.3 Å². The van der Waals surface area contributed by atoms with Crippen molar-refractivity contribution in [1.82, 2.24) is 0 Å². The molecule has 3 atom stereocenters. The average molecular weight is 356 g/mol. The highest BCUT2D eigenvalue weighted by Gasteiger charge is 2.65. The molecule has 0 unspecified atom stereocenters. The molecule has 1 N–H and O–H groups in total. The second kappa shape index (κ2) is 5.35. The van der Waals surface area contributed by atoms with Crippen LogP contribution < -0.4 is 0 Å². The second-order valence-electron chi connectivity index (χ2n) is 8.94. The lowest BCUT2D eigenvalue weighted by Gasteiger charge is -2.62. The van der Waals surface area contributed by atoms with Crippen molar-refractivity contribution >= 4 is 16.9 Å². The third-order valence-electron chi connectivity index (χ3n) is 7.41. The smallest absolute Gasteiger partial charge is 0.302 e. The van der Waals surface area contributed by atoms with Crippen LogP contribution in [0.2, 0.25) is 0 Å². The summed E-state index contributed by atoms with van der Waals surface area (Å²) < 4.78 is 11.5. The number of aryl methyl sites for hydroxylation is 1. The van der Waals surface area contributed by atoms with Crippen LogP contribution in [0.3, 0.4) is 0 Å². The first-order chi connectivity index (χ1) is 12.1. The van der Waals surface area contributed by atoms with Gasteiger partial charge in [-0.15, -0.1) is 0 Å². The van der Waals surface area contributed by atoms with Gasteiger partial charge in [0.05, 0.1) is 17.3 Å². The molecular weight excluding hydrogens is 328 g/mol. The highest BCUT2D eigenvalue weighted by Crippen LogP contribution is 2.61. The Morgan fingerprint density at radius 2 is 2.04 bits per heavy atom. The number of hydrogen-bond donors (Lipinski definition) is 1. The van der Waals surface area contributed by atoms with Gasteiger partial charge in [-0.05, 0) is 73.8 Å². The van der Waals surface area contributed by atoms with E-state index in [0.717, 1.165) is 35.8 Å². The quantitative estimate of drug-likeness (QED) is 0.768. The first kappa shape index (κ1) is 17.6. The van der Waals surface area contributed by atoms with Crippen LogP contribution in [-0.4, -0.2) is 22.8 Å². The van der Waals surface area contributed by atoms with Gasteiger partial charge in [-0.2, -0.15) is 0 Å².